The molecule has 0 radical (unpaired) electrons. The Labute approximate surface area is 99.2 Å². The van der Waals surface area contributed by atoms with Crippen LogP contribution in [0.1, 0.15) is 24.3 Å². The van der Waals surface area contributed by atoms with Crippen LogP contribution in [-0.4, -0.2) is 17.6 Å². The summed E-state index contributed by atoms with van der Waals surface area (Å²) >= 11 is 2.01. The first-order valence-electron chi connectivity index (χ1n) is 5.41. The van der Waals surface area contributed by atoms with E-state index in [-0.39, 0.29) is 0 Å². The zero-order valence-corrected chi connectivity index (χ0v) is 9.76. The third-order valence-electron chi connectivity index (χ3n) is 2.85. The highest BCUT2D eigenvalue weighted by Gasteiger charge is 2.15. The van der Waals surface area contributed by atoms with Gasteiger partial charge >= 0.3 is 0 Å². The van der Waals surface area contributed by atoms with Gasteiger partial charge in [-0.2, -0.15) is 11.8 Å². The molecule has 3 nitrogen and oxygen atoms in total. The lowest BCUT2D eigenvalue weighted by atomic mass is 9.93. The largest absolute Gasteiger partial charge is 0.530 e. The lowest BCUT2D eigenvalue weighted by Crippen LogP contribution is -2.28. The van der Waals surface area contributed by atoms with E-state index in [0.29, 0.717) is 11.6 Å². The van der Waals surface area contributed by atoms with Crippen LogP contribution in [0.25, 0.3) is 0 Å². The molecule has 2 rings (SSSR count). The van der Waals surface area contributed by atoms with Gasteiger partial charge in [-0.3, -0.25) is 0 Å². The lowest BCUT2D eigenvalue weighted by molar-refractivity contribution is -0.242. The fourth-order valence-corrected chi connectivity index (χ4v) is 3.09. The van der Waals surface area contributed by atoms with Crippen molar-refractivity contribution in [1.29, 1.82) is 0 Å². The topological polar surface area (TPSA) is 52.2 Å². The summed E-state index contributed by atoms with van der Waals surface area (Å²) in [4.78, 5) is 10.3. The Morgan fingerprint density at radius 1 is 1.25 bits per heavy atom. The van der Waals surface area contributed by atoms with Crippen LogP contribution in [0, 0.1) is 0 Å². The summed E-state index contributed by atoms with van der Waals surface area (Å²) in [7, 11) is 0. The summed E-state index contributed by atoms with van der Waals surface area (Å²) in [5.41, 5.74) is 1.89. The number of nitrogens with one attached hydrogen (secondary N) is 1. The van der Waals surface area contributed by atoms with Crippen molar-refractivity contribution in [3.63, 3.8) is 0 Å². The molecule has 1 N–H and O–H groups in total. The van der Waals surface area contributed by atoms with Crippen LogP contribution in [0.3, 0.4) is 0 Å². The van der Waals surface area contributed by atoms with Crippen LogP contribution in [-0.2, 0) is 0 Å². The average Bonchev–Trinajstić information content (AvgIpc) is 2.30. The van der Waals surface area contributed by atoms with Crippen LogP contribution in [0.15, 0.2) is 24.3 Å². The van der Waals surface area contributed by atoms with Crippen molar-refractivity contribution in [3.8, 4) is 0 Å². The van der Waals surface area contributed by atoms with Gasteiger partial charge in [0.1, 0.15) is 6.09 Å². The molecule has 0 spiro atoms. The summed E-state index contributed by atoms with van der Waals surface area (Å²) in [6, 6.07) is 7.61. The molecular formula is C12H14NO2S-. The Kier molecular flexibility index (Phi) is 3.72. The molecule has 0 atom stereocenters. The van der Waals surface area contributed by atoms with Gasteiger partial charge in [0, 0.05) is 5.69 Å². The third kappa shape index (κ3) is 2.92. The minimum absolute atomic E-state index is 0.578. The van der Waals surface area contributed by atoms with E-state index in [1.165, 1.54) is 29.9 Å². The van der Waals surface area contributed by atoms with E-state index >= 15 is 0 Å². The van der Waals surface area contributed by atoms with Gasteiger partial charge in [-0.1, -0.05) is 12.1 Å². The number of rotatable bonds is 2. The lowest BCUT2D eigenvalue weighted by Gasteiger charge is -2.21. The second kappa shape index (κ2) is 5.25. The number of amides is 1. The van der Waals surface area contributed by atoms with Gasteiger partial charge in [0.2, 0.25) is 0 Å². The van der Waals surface area contributed by atoms with Crippen LogP contribution in [0.5, 0.6) is 0 Å². The number of carboxylic acid groups (broad SMARTS) is 1. The number of anilines is 1. The van der Waals surface area contributed by atoms with Crippen LogP contribution in [0.4, 0.5) is 10.5 Å². The summed E-state index contributed by atoms with van der Waals surface area (Å²) < 4.78 is 0. The van der Waals surface area contributed by atoms with E-state index in [2.05, 4.69) is 5.32 Å². The molecule has 1 heterocycles. The van der Waals surface area contributed by atoms with Crippen LogP contribution in [0.2, 0.25) is 0 Å². The van der Waals surface area contributed by atoms with Crippen LogP contribution < -0.4 is 10.4 Å². The monoisotopic (exact) mass is 236 g/mol. The number of hydrogen-bond donors (Lipinski definition) is 1. The molecule has 0 bridgehead atoms. The fourth-order valence-electron chi connectivity index (χ4n) is 1.99. The zero-order valence-electron chi connectivity index (χ0n) is 8.94. The van der Waals surface area contributed by atoms with Crippen molar-refractivity contribution in [2.45, 2.75) is 18.8 Å². The molecule has 1 aliphatic heterocycles. The maximum absolute atomic E-state index is 10.3. The van der Waals surface area contributed by atoms with Crippen molar-refractivity contribution in [2.24, 2.45) is 0 Å². The van der Waals surface area contributed by atoms with Gasteiger partial charge in [0.05, 0.1) is 0 Å². The quantitative estimate of drug-likeness (QED) is 0.855. The molecule has 1 saturated heterocycles. The van der Waals surface area contributed by atoms with Crippen molar-refractivity contribution in [2.75, 3.05) is 16.8 Å². The Hall–Kier alpha value is -1.16. The minimum Gasteiger partial charge on any atom is -0.530 e. The molecule has 1 amide bonds. The molecule has 86 valence electrons. The van der Waals surface area contributed by atoms with Gasteiger partial charge in [0.25, 0.3) is 0 Å². The normalized spacial score (nSPS) is 17.0. The molecule has 16 heavy (non-hydrogen) atoms. The highest BCUT2D eigenvalue weighted by Crippen LogP contribution is 2.31. The van der Waals surface area contributed by atoms with Crippen LogP contribution >= 0.6 is 11.8 Å². The van der Waals surface area contributed by atoms with Gasteiger partial charge in [-0.05, 0) is 48.0 Å². The maximum atomic E-state index is 10.3. The highest BCUT2D eigenvalue weighted by molar-refractivity contribution is 7.99. The first kappa shape index (κ1) is 11.3. The fraction of sp³-hybridized carbons (Fsp3) is 0.417. The van der Waals surface area contributed by atoms with Gasteiger partial charge in [-0.15, -0.1) is 0 Å². The van der Waals surface area contributed by atoms with E-state index in [4.69, 9.17) is 0 Å². The number of thioether (sulfide) groups is 1. The second-order valence-corrected chi connectivity index (χ2v) is 5.15. The molecule has 0 aliphatic carbocycles. The number of hydrogen-bond acceptors (Lipinski definition) is 3. The Bertz CT molecular complexity index is 358. The minimum atomic E-state index is -1.26. The first-order chi connectivity index (χ1) is 7.75. The predicted octanol–water partition coefficient (Wildman–Crippen LogP) is 2.05. The summed E-state index contributed by atoms with van der Waals surface area (Å²) in [6.45, 7) is 0. The Morgan fingerprint density at radius 2 is 1.88 bits per heavy atom. The molecule has 0 unspecified atom stereocenters. The molecule has 1 aliphatic rings. The second-order valence-electron chi connectivity index (χ2n) is 3.92. The van der Waals surface area contributed by atoms with Gasteiger partial charge < -0.3 is 15.2 Å². The Balaban J connectivity index is 2.03. The van der Waals surface area contributed by atoms with E-state index in [1.54, 1.807) is 12.1 Å². The summed E-state index contributed by atoms with van der Waals surface area (Å²) in [5, 5.41) is 12.6. The van der Waals surface area contributed by atoms with E-state index in [1.807, 2.05) is 23.9 Å². The zero-order chi connectivity index (χ0) is 11.4. The van der Waals surface area contributed by atoms with E-state index in [9.17, 15) is 9.90 Å². The number of carbonyl (C=O) groups excluding carboxylic acids is 1. The van der Waals surface area contributed by atoms with Crippen molar-refractivity contribution in [3.05, 3.63) is 29.8 Å². The molecule has 4 heteroatoms. The van der Waals surface area contributed by atoms with Gasteiger partial charge in [-0.25, -0.2) is 0 Å². The number of benzene rings is 1. The average molecular weight is 236 g/mol. The smallest absolute Gasteiger partial charge is 0.138 e. The molecular weight excluding hydrogens is 222 g/mol. The third-order valence-corrected chi connectivity index (χ3v) is 3.90. The maximum Gasteiger partial charge on any atom is 0.138 e. The summed E-state index contributed by atoms with van der Waals surface area (Å²) in [6.07, 6.45) is 1.18. The number of carbonyl (C=O) groups is 1. The van der Waals surface area contributed by atoms with Gasteiger partial charge in [0.15, 0.2) is 0 Å². The molecule has 1 aromatic carbocycles. The molecule has 0 aromatic heterocycles. The SMILES string of the molecule is O=C([O-])Nc1ccc(C2CCSCC2)cc1. The van der Waals surface area contributed by atoms with E-state index < -0.39 is 6.09 Å². The molecule has 1 fully saturated rings. The van der Waals surface area contributed by atoms with Crippen molar-refractivity contribution in [1.82, 2.24) is 0 Å². The predicted molar refractivity (Wildman–Crippen MR) is 64.8 cm³/mol. The molecule has 1 aromatic rings. The summed E-state index contributed by atoms with van der Waals surface area (Å²) in [5.74, 6) is 3.09. The highest BCUT2D eigenvalue weighted by atomic mass is 32.2. The Morgan fingerprint density at radius 3 is 2.44 bits per heavy atom. The standard InChI is InChI=1S/C12H15NO2S/c14-12(15)13-11-3-1-9(2-4-11)10-5-7-16-8-6-10/h1-4,10,13H,5-8H2,(H,14,15)/p-1. The molecule has 0 saturated carbocycles. The van der Waals surface area contributed by atoms with Crippen molar-refractivity contribution >= 4 is 23.5 Å². The first-order valence-corrected chi connectivity index (χ1v) is 6.57. The van der Waals surface area contributed by atoms with Crippen molar-refractivity contribution < 1.29 is 9.90 Å². The van der Waals surface area contributed by atoms with E-state index in [0.717, 1.165) is 0 Å².